The summed E-state index contributed by atoms with van der Waals surface area (Å²) in [7, 11) is 3.20. The summed E-state index contributed by atoms with van der Waals surface area (Å²) in [6, 6.07) is 12.3. The van der Waals surface area contributed by atoms with Crippen molar-refractivity contribution in [2.45, 2.75) is 50.2 Å². The quantitative estimate of drug-likeness (QED) is 0.400. The first-order valence-electron chi connectivity index (χ1n) is 13.3. The van der Waals surface area contributed by atoms with Crippen LogP contribution in [0.15, 0.2) is 48.7 Å². The molecule has 1 saturated heterocycles. The number of rotatable bonds is 9. The van der Waals surface area contributed by atoms with Crippen LogP contribution in [0.2, 0.25) is 0 Å². The van der Waals surface area contributed by atoms with Gasteiger partial charge in [-0.25, -0.2) is 4.39 Å². The molecule has 2 aromatic carbocycles. The molecule has 0 unspecified atom stereocenters. The third-order valence-electron chi connectivity index (χ3n) is 8.52. The molecule has 0 amide bonds. The number of piperidine rings is 1. The van der Waals surface area contributed by atoms with Gasteiger partial charge in [0.1, 0.15) is 17.3 Å². The fourth-order valence-electron chi connectivity index (χ4n) is 6.24. The molecule has 2 aliphatic rings. The lowest BCUT2D eigenvalue weighted by Crippen LogP contribution is -2.52. The van der Waals surface area contributed by atoms with E-state index in [1.807, 2.05) is 24.3 Å². The number of carboxylic acids is 1. The molecule has 0 radical (unpaired) electrons. The van der Waals surface area contributed by atoms with E-state index in [0.29, 0.717) is 36.9 Å². The molecule has 2 heterocycles. The first-order chi connectivity index (χ1) is 18.4. The SMILES string of the molecule is COc1ccc2nccc([C@@H](O)CC[C@@H]3CCN(C4CC(c5cc(F)ccc5OC)C4)C[C@@H]3C(=O)O)c2c1. The summed E-state index contributed by atoms with van der Waals surface area (Å²) in [4.78, 5) is 18.9. The van der Waals surface area contributed by atoms with Crippen LogP contribution >= 0.6 is 0 Å². The number of nitrogens with zero attached hydrogens (tertiary/aromatic N) is 2. The van der Waals surface area contributed by atoms with Crippen molar-refractivity contribution < 1.29 is 28.9 Å². The molecular formula is C30H35FN2O5. The van der Waals surface area contributed by atoms with Gasteiger partial charge in [-0.2, -0.15) is 0 Å². The van der Waals surface area contributed by atoms with Crippen molar-refractivity contribution in [3.8, 4) is 11.5 Å². The van der Waals surface area contributed by atoms with E-state index in [0.717, 1.165) is 47.8 Å². The smallest absolute Gasteiger partial charge is 0.308 e. The van der Waals surface area contributed by atoms with Crippen LogP contribution in [0.25, 0.3) is 10.9 Å². The van der Waals surface area contributed by atoms with Crippen LogP contribution in [0.4, 0.5) is 4.39 Å². The summed E-state index contributed by atoms with van der Waals surface area (Å²) < 4.78 is 24.6. The number of hydrogen-bond acceptors (Lipinski definition) is 6. The van der Waals surface area contributed by atoms with E-state index in [2.05, 4.69) is 9.88 Å². The summed E-state index contributed by atoms with van der Waals surface area (Å²) in [5.74, 6) is 0.0964. The van der Waals surface area contributed by atoms with Gasteiger partial charge in [0.05, 0.1) is 31.8 Å². The fourth-order valence-corrected chi connectivity index (χ4v) is 6.24. The standard InChI is InChI=1S/C30H35FN2O5/c1-37-22-5-6-27-25(16-22)23(9-11-32-27)28(34)7-3-18-10-12-33(17-26(18)30(35)36)21-13-19(14-21)24-15-20(31)4-8-29(24)38-2/h4-6,8-9,11,15-16,18-19,21,26,28,34H,3,7,10,12-14,17H2,1-2H3,(H,35,36)/t18-,19?,21?,26+,28+/m1/s1. The Balaban J connectivity index is 1.20. The Bertz CT molecular complexity index is 1290. The van der Waals surface area contributed by atoms with Gasteiger partial charge in [0, 0.05) is 29.7 Å². The van der Waals surface area contributed by atoms with Crippen molar-refractivity contribution in [2.24, 2.45) is 11.8 Å². The van der Waals surface area contributed by atoms with Gasteiger partial charge < -0.3 is 19.7 Å². The maximum Gasteiger partial charge on any atom is 0.308 e. The van der Waals surface area contributed by atoms with Crippen molar-refractivity contribution in [1.29, 1.82) is 0 Å². The largest absolute Gasteiger partial charge is 0.497 e. The van der Waals surface area contributed by atoms with Crippen LogP contribution in [0.5, 0.6) is 11.5 Å². The number of carboxylic acid groups (broad SMARTS) is 1. The molecule has 2 N–H and O–H groups in total. The molecule has 1 aliphatic heterocycles. The zero-order valence-corrected chi connectivity index (χ0v) is 21.8. The van der Waals surface area contributed by atoms with Crippen molar-refractivity contribution >= 4 is 16.9 Å². The molecule has 3 atom stereocenters. The van der Waals surface area contributed by atoms with Gasteiger partial charge in [-0.15, -0.1) is 0 Å². The summed E-state index contributed by atoms with van der Waals surface area (Å²) in [6.07, 6.45) is 4.61. The molecular weight excluding hydrogens is 487 g/mol. The van der Waals surface area contributed by atoms with Crippen molar-refractivity contribution in [3.63, 3.8) is 0 Å². The monoisotopic (exact) mass is 522 g/mol. The minimum absolute atomic E-state index is 0.000208. The molecule has 8 heteroatoms. The maximum absolute atomic E-state index is 13.8. The molecule has 3 aromatic rings. The van der Waals surface area contributed by atoms with Crippen LogP contribution in [0.1, 0.15) is 55.3 Å². The van der Waals surface area contributed by atoms with Crippen LogP contribution in [-0.4, -0.2) is 59.4 Å². The van der Waals surface area contributed by atoms with Gasteiger partial charge in [0.2, 0.25) is 0 Å². The minimum atomic E-state index is -0.782. The highest BCUT2D eigenvalue weighted by Crippen LogP contribution is 2.45. The van der Waals surface area contributed by atoms with Gasteiger partial charge in [-0.1, -0.05) is 0 Å². The second-order valence-electron chi connectivity index (χ2n) is 10.6. The number of ether oxygens (including phenoxy) is 2. The molecule has 0 bridgehead atoms. The molecule has 2 fully saturated rings. The molecule has 1 saturated carbocycles. The Hall–Kier alpha value is -3.23. The molecule has 1 aliphatic carbocycles. The second kappa shape index (κ2) is 11.3. The Morgan fingerprint density at radius 1 is 1.16 bits per heavy atom. The molecule has 202 valence electrons. The normalized spacial score (nSPS) is 24.5. The second-order valence-corrected chi connectivity index (χ2v) is 10.6. The number of fused-ring (bicyclic) bond motifs is 1. The predicted octanol–water partition coefficient (Wildman–Crippen LogP) is 5.17. The van der Waals surface area contributed by atoms with E-state index in [4.69, 9.17) is 9.47 Å². The molecule has 7 nitrogen and oxygen atoms in total. The number of pyridine rings is 1. The number of hydrogen-bond donors (Lipinski definition) is 2. The average molecular weight is 523 g/mol. The van der Waals surface area contributed by atoms with E-state index >= 15 is 0 Å². The Morgan fingerprint density at radius 2 is 1.97 bits per heavy atom. The van der Waals surface area contributed by atoms with Gasteiger partial charge in [0.25, 0.3) is 0 Å². The lowest BCUT2D eigenvalue weighted by molar-refractivity contribution is -0.147. The fraction of sp³-hybridized carbons (Fsp3) is 0.467. The number of aliphatic carboxylic acids is 1. The number of aromatic nitrogens is 1. The number of methoxy groups -OCH3 is 2. The van der Waals surface area contributed by atoms with E-state index < -0.39 is 18.0 Å². The predicted molar refractivity (Wildman–Crippen MR) is 142 cm³/mol. The first-order valence-corrected chi connectivity index (χ1v) is 13.3. The van der Waals surface area contributed by atoms with Crippen LogP contribution in [0.3, 0.4) is 0 Å². The third-order valence-corrected chi connectivity index (χ3v) is 8.52. The van der Waals surface area contributed by atoms with Gasteiger partial charge in [-0.05, 0) is 98.5 Å². The number of aliphatic hydroxyl groups is 1. The summed E-state index contributed by atoms with van der Waals surface area (Å²) in [5, 5.41) is 21.9. The van der Waals surface area contributed by atoms with E-state index in [-0.39, 0.29) is 17.7 Å². The highest BCUT2D eigenvalue weighted by molar-refractivity contribution is 5.83. The Labute approximate surface area is 222 Å². The topological polar surface area (TPSA) is 92.1 Å². The zero-order valence-electron chi connectivity index (χ0n) is 21.8. The molecule has 5 rings (SSSR count). The van der Waals surface area contributed by atoms with Crippen LogP contribution < -0.4 is 9.47 Å². The number of carbonyl (C=O) groups is 1. The highest BCUT2D eigenvalue weighted by Gasteiger charge is 2.41. The lowest BCUT2D eigenvalue weighted by Gasteiger charge is -2.47. The zero-order chi connectivity index (χ0) is 26.8. The number of benzene rings is 2. The van der Waals surface area contributed by atoms with E-state index in [1.54, 1.807) is 32.5 Å². The van der Waals surface area contributed by atoms with Crippen molar-refractivity contribution in [2.75, 3.05) is 27.3 Å². The third kappa shape index (κ3) is 5.33. The molecule has 38 heavy (non-hydrogen) atoms. The van der Waals surface area contributed by atoms with Crippen molar-refractivity contribution in [1.82, 2.24) is 9.88 Å². The number of aliphatic hydroxyl groups excluding tert-OH is 1. The average Bonchev–Trinajstić information content (AvgIpc) is 2.90. The summed E-state index contributed by atoms with van der Waals surface area (Å²) in [6.45, 7) is 1.33. The summed E-state index contributed by atoms with van der Waals surface area (Å²) >= 11 is 0. The van der Waals surface area contributed by atoms with Gasteiger partial charge in [0.15, 0.2) is 0 Å². The first kappa shape index (κ1) is 26.4. The van der Waals surface area contributed by atoms with Crippen LogP contribution in [0, 0.1) is 17.7 Å². The van der Waals surface area contributed by atoms with E-state index in [9.17, 15) is 19.4 Å². The number of likely N-dealkylation sites (tertiary alicyclic amines) is 1. The van der Waals surface area contributed by atoms with Crippen molar-refractivity contribution in [3.05, 3.63) is 65.6 Å². The van der Waals surface area contributed by atoms with Crippen LogP contribution in [-0.2, 0) is 4.79 Å². The highest BCUT2D eigenvalue weighted by atomic mass is 19.1. The number of halogens is 1. The lowest BCUT2D eigenvalue weighted by atomic mass is 9.72. The van der Waals surface area contributed by atoms with E-state index in [1.165, 1.54) is 6.07 Å². The van der Waals surface area contributed by atoms with Gasteiger partial charge in [-0.3, -0.25) is 14.7 Å². The van der Waals surface area contributed by atoms with Gasteiger partial charge >= 0.3 is 5.97 Å². The molecule has 1 aromatic heterocycles. The molecule has 0 spiro atoms. The minimum Gasteiger partial charge on any atom is -0.497 e. The summed E-state index contributed by atoms with van der Waals surface area (Å²) in [5.41, 5.74) is 2.46. The maximum atomic E-state index is 13.8. The Morgan fingerprint density at radius 3 is 2.71 bits per heavy atom. The Kier molecular flexibility index (Phi) is 7.81.